The minimum absolute atomic E-state index is 0.0173. The van der Waals surface area contributed by atoms with Crippen molar-refractivity contribution in [1.29, 1.82) is 0 Å². The van der Waals surface area contributed by atoms with Crippen molar-refractivity contribution in [3.05, 3.63) is 88.7 Å². The van der Waals surface area contributed by atoms with Crippen LogP contribution in [0.1, 0.15) is 29.7 Å². The fourth-order valence-corrected chi connectivity index (χ4v) is 4.51. The summed E-state index contributed by atoms with van der Waals surface area (Å²) in [6.45, 7) is 2.26. The third-order valence-corrected chi connectivity index (χ3v) is 6.26. The number of halogens is 1. The fourth-order valence-electron chi connectivity index (χ4n) is 4.51. The highest BCUT2D eigenvalue weighted by molar-refractivity contribution is 6.46. The lowest BCUT2D eigenvalue weighted by Crippen LogP contribution is -2.29. The van der Waals surface area contributed by atoms with Crippen LogP contribution in [0.3, 0.4) is 0 Å². The van der Waals surface area contributed by atoms with Crippen LogP contribution >= 0.6 is 0 Å². The number of benzene rings is 3. The number of aliphatic hydroxyl groups excluding tert-OH is 1. The van der Waals surface area contributed by atoms with E-state index < -0.39 is 23.5 Å². The molecule has 1 unspecified atom stereocenters. The normalized spacial score (nSPS) is 17.8. The number of rotatable bonds is 7. The second-order valence-corrected chi connectivity index (χ2v) is 8.46. The van der Waals surface area contributed by atoms with Crippen molar-refractivity contribution in [1.82, 2.24) is 4.90 Å². The number of Topliss-reactive ketones (excluding diaryl/α,β-unsaturated/α-hetero) is 1. The van der Waals surface area contributed by atoms with Crippen LogP contribution in [0, 0.1) is 5.82 Å². The molecule has 8 nitrogen and oxygen atoms in total. The van der Waals surface area contributed by atoms with Crippen LogP contribution in [0.4, 0.5) is 4.39 Å². The molecule has 2 aliphatic heterocycles. The summed E-state index contributed by atoms with van der Waals surface area (Å²) in [5, 5.41) is 11.3. The number of ketones is 1. The van der Waals surface area contributed by atoms with Crippen LogP contribution in [-0.2, 0) is 16.1 Å². The van der Waals surface area contributed by atoms with Gasteiger partial charge < -0.3 is 29.0 Å². The molecule has 0 bridgehead atoms. The van der Waals surface area contributed by atoms with E-state index in [-0.39, 0.29) is 24.7 Å². The molecule has 0 aliphatic carbocycles. The van der Waals surface area contributed by atoms with Crippen molar-refractivity contribution in [2.24, 2.45) is 0 Å². The van der Waals surface area contributed by atoms with E-state index in [1.54, 1.807) is 48.5 Å². The van der Waals surface area contributed by atoms with Crippen LogP contribution in [-0.4, -0.2) is 42.2 Å². The number of carbonyl (C=O) groups is 2. The molecule has 1 amide bonds. The Morgan fingerprint density at radius 3 is 2.51 bits per heavy atom. The molecule has 9 heteroatoms. The van der Waals surface area contributed by atoms with Gasteiger partial charge >= 0.3 is 0 Å². The van der Waals surface area contributed by atoms with Crippen molar-refractivity contribution < 1.29 is 38.0 Å². The molecule has 2 heterocycles. The SMILES string of the molecule is CCOc1cc(C2/C(=C(\O)c3ccc4c(c3)OCO4)C(=O)C(=O)N2Cc2ccc(F)cc2)ccc1OC. The third-order valence-electron chi connectivity index (χ3n) is 6.26. The molecule has 0 radical (unpaired) electrons. The lowest BCUT2D eigenvalue weighted by Gasteiger charge is -2.26. The third kappa shape index (κ3) is 4.44. The predicted octanol–water partition coefficient (Wildman–Crippen LogP) is 4.58. The van der Waals surface area contributed by atoms with Crippen LogP contribution in [0.2, 0.25) is 0 Å². The molecular weight excluding hydrogens is 481 g/mol. The fraction of sp³-hybridized carbons (Fsp3) is 0.214. The molecule has 5 rings (SSSR count). The second kappa shape index (κ2) is 9.85. The Balaban J connectivity index is 1.65. The zero-order valence-electron chi connectivity index (χ0n) is 20.2. The predicted molar refractivity (Wildman–Crippen MR) is 131 cm³/mol. The lowest BCUT2D eigenvalue weighted by molar-refractivity contribution is -0.140. The quantitative estimate of drug-likeness (QED) is 0.285. The maximum absolute atomic E-state index is 13.5. The molecule has 190 valence electrons. The average Bonchev–Trinajstić information content (AvgIpc) is 3.47. The van der Waals surface area contributed by atoms with Gasteiger partial charge in [-0.3, -0.25) is 9.59 Å². The first-order valence-corrected chi connectivity index (χ1v) is 11.6. The smallest absolute Gasteiger partial charge is 0.295 e. The van der Waals surface area contributed by atoms with Gasteiger partial charge in [-0.15, -0.1) is 0 Å². The summed E-state index contributed by atoms with van der Waals surface area (Å²) < 4.78 is 35.3. The van der Waals surface area contributed by atoms with Crippen molar-refractivity contribution in [3.8, 4) is 23.0 Å². The van der Waals surface area contributed by atoms with Gasteiger partial charge in [0, 0.05) is 12.1 Å². The molecule has 1 atom stereocenters. The highest BCUT2D eigenvalue weighted by Gasteiger charge is 2.46. The molecular formula is C28H24FNO7. The van der Waals surface area contributed by atoms with Crippen LogP contribution < -0.4 is 18.9 Å². The molecule has 37 heavy (non-hydrogen) atoms. The molecule has 0 aromatic heterocycles. The summed E-state index contributed by atoms with van der Waals surface area (Å²) in [5.74, 6) is -0.541. The zero-order valence-corrected chi connectivity index (χ0v) is 20.2. The minimum Gasteiger partial charge on any atom is -0.507 e. The van der Waals surface area contributed by atoms with Gasteiger partial charge in [-0.1, -0.05) is 18.2 Å². The number of likely N-dealkylation sites (tertiary alicyclic amines) is 1. The summed E-state index contributed by atoms with van der Waals surface area (Å²) >= 11 is 0. The van der Waals surface area contributed by atoms with Gasteiger partial charge in [-0.2, -0.15) is 0 Å². The van der Waals surface area contributed by atoms with E-state index in [1.807, 2.05) is 6.92 Å². The van der Waals surface area contributed by atoms with Gasteiger partial charge in [0.05, 0.1) is 25.3 Å². The lowest BCUT2D eigenvalue weighted by atomic mass is 9.94. The van der Waals surface area contributed by atoms with Crippen LogP contribution in [0.25, 0.3) is 5.76 Å². The Morgan fingerprint density at radius 2 is 1.78 bits per heavy atom. The van der Waals surface area contributed by atoms with Crippen LogP contribution in [0.5, 0.6) is 23.0 Å². The summed E-state index contributed by atoms with van der Waals surface area (Å²) in [7, 11) is 1.51. The number of hydrogen-bond acceptors (Lipinski definition) is 7. The Labute approximate surface area is 212 Å². The summed E-state index contributed by atoms with van der Waals surface area (Å²) in [6, 6.07) is 14.6. The minimum atomic E-state index is -0.944. The Hall–Kier alpha value is -4.53. The molecule has 3 aromatic carbocycles. The van der Waals surface area contributed by atoms with E-state index >= 15 is 0 Å². The first kappa shape index (κ1) is 24.2. The van der Waals surface area contributed by atoms with Crippen molar-refractivity contribution >= 4 is 17.4 Å². The molecule has 0 saturated carbocycles. The maximum atomic E-state index is 13.5. The van der Waals surface area contributed by atoms with Gasteiger partial charge in [0.15, 0.2) is 23.0 Å². The Morgan fingerprint density at radius 1 is 1.03 bits per heavy atom. The Kier molecular flexibility index (Phi) is 6.43. The Bertz CT molecular complexity index is 1400. The summed E-state index contributed by atoms with van der Waals surface area (Å²) in [4.78, 5) is 28.0. The molecule has 1 saturated heterocycles. The van der Waals surface area contributed by atoms with E-state index in [2.05, 4.69) is 0 Å². The second-order valence-electron chi connectivity index (χ2n) is 8.46. The monoisotopic (exact) mass is 505 g/mol. The van der Waals surface area contributed by atoms with Crippen molar-refractivity contribution in [2.45, 2.75) is 19.5 Å². The maximum Gasteiger partial charge on any atom is 0.295 e. The van der Waals surface area contributed by atoms with Gasteiger partial charge in [0.1, 0.15) is 11.6 Å². The first-order valence-electron chi connectivity index (χ1n) is 11.6. The average molecular weight is 505 g/mol. The number of hydrogen-bond donors (Lipinski definition) is 1. The number of methoxy groups -OCH3 is 1. The highest BCUT2D eigenvalue weighted by Crippen LogP contribution is 2.44. The van der Waals surface area contributed by atoms with Gasteiger partial charge in [0.2, 0.25) is 6.79 Å². The number of fused-ring (bicyclic) bond motifs is 1. The first-order chi connectivity index (χ1) is 17.9. The molecule has 1 fully saturated rings. The number of ether oxygens (including phenoxy) is 4. The molecule has 1 N–H and O–H groups in total. The highest BCUT2D eigenvalue weighted by atomic mass is 19.1. The molecule has 2 aliphatic rings. The van der Waals surface area contributed by atoms with E-state index in [9.17, 15) is 19.1 Å². The number of aliphatic hydroxyl groups is 1. The topological polar surface area (TPSA) is 94.5 Å². The summed E-state index contributed by atoms with van der Waals surface area (Å²) in [5.41, 5.74) is 1.37. The molecule has 3 aromatic rings. The number of nitrogens with zero attached hydrogens (tertiary/aromatic N) is 1. The number of amides is 1. The van der Waals surface area contributed by atoms with E-state index in [0.717, 1.165) is 0 Å². The van der Waals surface area contributed by atoms with E-state index in [1.165, 1.54) is 24.1 Å². The van der Waals surface area contributed by atoms with Crippen molar-refractivity contribution in [2.75, 3.05) is 20.5 Å². The van der Waals surface area contributed by atoms with E-state index in [4.69, 9.17) is 18.9 Å². The summed E-state index contributed by atoms with van der Waals surface area (Å²) in [6.07, 6.45) is 0. The van der Waals surface area contributed by atoms with Gasteiger partial charge in [0.25, 0.3) is 11.7 Å². The van der Waals surface area contributed by atoms with Crippen molar-refractivity contribution in [3.63, 3.8) is 0 Å². The zero-order chi connectivity index (χ0) is 26.1. The van der Waals surface area contributed by atoms with Gasteiger partial charge in [-0.05, 0) is 60.5 Å². The van der Waals surface area contributed by atoms with E-state index in [0.29, 0.717) is 46.3 Å². The standard InChI is InChI=1S/C28H24FNO7/c1-3-35-22-12-17(6-10-20(22)34-2)25-24(26(31)18-7-11-21-23(13-18)37-15-36-21)27(32)28(33)30(25)14-16-4-8-19(29)9-5-16/h4-13,25,31H,3,14-15H2,1-2H3/b26-24+. The largest absolute Gasteiger partial charge is 0.507 e. The van der Waals surface area contributed by atoms with Crippen LogP contribution in [0.15, 0.2) is 66.2 Å². The van der Waals surface area contributed by atoms with Gasteiger partial charge in [-0.25, -0.2) is 4.39 Å². The number of carbonyl (C=O) groups excluding carboxylic acids is 2. The molecule has 0 spiro atoms.